The molecule has 6 nitrogen and oxygen atoms in total. The van der Waals surface area contributed by atoms with Crippen LogP contribution in [0, 0.1) is 0 Å². The molecule has 1 aliphatic rings. The first kappa shape index (κ1) is 18.8. The number of aryl methyl sites for hydroxylation is 1. The molecule has 3 aromatic rings. The molecule has 0 saturated carbocycles. The highest BCUT2D eigenvalue weighted by molar-refractivity contribution is 7.19. The van der Waals surface area contributed by atoms with Gasteiger partial charge in [0.1, 0.15) is 12.0 Å². The van der Waals surface area contributed by atoms with Crippen molar-refractivity contribution in [3.05, 3.63) is 45.8 Å². The number of alkyl halides is 1. The van der Waals surface area contributed by atoms with Crippen LogP contribution in [0.5, 0.6) is 0 Å². The van der Waals surface area contributed by atoms with Crippen molar-refractivity contribution in [3.63, 3.8) is 0 Å². The van der Waals surface area contributed by atoms with E-state index in [0.29, 0.717) is 30.7 Å². The Morgan fingerprint density at radius 3 is 2.96 bits per heavy atom. The van der Waals surface area contributed by atoms with Gasteiger partial charge in [0, 0.05) is 61.1 Å². The highest BCUT2D eigenvalue weighted by atomic mass is 32.1. The van der Waals surface area contributed by atoms with Crippen molar-refractivity contribution in [1.29, 1.82) is 0 Å². The van der Waals surface area contributed by atoms with Gasteiger partial charge in [-0.05, 0) is 30.2 Å². The molecular weight excluding hydrogens is 379 g/mol. The minimum absolute atomic E-state index is 0.0535. The number of amides is 1. The lowest BCUT2D eigenvalue weighted by Crippen LogP contribution is -2.19. The number of rotatable bonds is 4. The first-order chi connectivity index (χ1) is 13.4. The number of likely N-dealkylation sites (tertiary alicyclic amines) is 1. The van der Waals surface area contributed by atoms with E-state index < -0.39 is 6.17 Å². The third-order valence-electron chi connectivity index (χ3n) is 4.87. The molecule has 1 saturated heterocycles. The third-order valence-corrected chi connectivity index (χ3v) is 6.02. The summed E-state index contributed by atoms with van der Waals surface area (Å²) in [6.45, 7) is 3.27. The van der Waals surface area contributed by atoms with Gasteiger partial charge in [0.05, 0.1) is 5.39 Å². The van der Waals surface area contributed by atoms with Gasteiger partial charge in [-0.3, -0.25) is 14.5 Å². The number of thiophene rings is 1. The molecule has 28 heavy (non-hydrogen) atoms. The van der Waals surface area contributed by atoms with Gasteiger partial charge < -0.3 is 9.88 Å². The molecule has 146 valence electrons. The summed E-state index contributed by atoms with van der Waals surface area (Å²) in [6.07, 6.45) is 3.26. The number of anilines is 1. The molecule has 4 heterocycles. The maximum absolute atomic E-state index is 13.5. The highest BCUT2D eigenvalue weighted by Crippen LogP contribution is 2.34. The average Bonchev–Trinajstić information content (AvgIpc) is 3.24. The zero-order valence-corrected chi connectivity index (χ0v) is 16.6. The van der Waals surface area contributed by atoms with Crippen LogP contribution in [0.25, 0.3) is 21.2 Å². The van der Waals surface area contributed by atoms with E-state index in [9.17, 15) is 14.0 Å². The Morgan fingerprint density at radius 2 is 2.25 bits per heavy atom. The van der Waals surface area contributed by atoms with E-state index in [2.05, 4.69) is 15.2 Å². The molecule has 0 radical (unpaired) electrons. The van der Waals surface area contributed by atoms with E-state index in [1.807, 2.05) is 18.3 Å². The van der Waals surface area contributed by atoms with Crippen molar-refractivity contribution in [3.8, 4) is 11.1 Å². The number of hydrogen-bond acceptors (Lipinski definition) is 5. The van der Waals surface area contributed by atoms with E-state index >= 15 is 0 Å². The number of carbonyl (C=O) groups is 1. The summed E-state index contributed by atoms with van der Waals surface area (Å²) in [7, 11) is 1.73. The predicted molar refractivity (Wildman–Crippen MR) is 109 cm³/mol. The van der Waals surface area contributed by atoms with Crippen molar-refractivity contribution in [1.82, 2.24) is 14.5 Å². The summed E-state index contributed by atoms with van der Waals surface area (Å²) < 4.78 is 16.0. The molecule has 1 fully saturated rings. The van der Waals surface area contributed by atoms with Crippen LogP contribution in [0.2, 0.25) is 0 Å². The lowest BCUT2D eigenvalue weighted by molar-refractivity contribution is -0.114. The third kappa shape index (κ3) is 3.70. The zero-order chi connectivity index (χ0) is 19.8. The minimum Gasteiger partial charge on any atom is -0.317 e. The Balaban J connectivity index is 1.77. The summed E-state index contributed by atoms with van der Waals surface area (Å²) in [6, 6.07) is 5.58. The quantitative estimate of drug-likeness (QED) is 0.731. The van der Waals surface area contributed by atoms with Gasteiger partial charge in [-0.2, -0.15) is 0 Å². The molecule has 1 aliphatic heterocycles. The summed E-state index contributed by atoms with van der Waals surface area (Å²) >= 11 is 1.56. The number of nitrogens with zero attached hydrogens (tertiary/aromatic N) is 3. The Morgan fingerprint density at radius 1 is 1.43 bits per heavy atom. The Bertz CT molecular complexity index is 1110. The van der Waals surface area contributed by atoms with E-state index in [4.69, 9.17) is 0 Å². The van der Waals surface area contributed by atoms with Crippen molar-refractivity contribution in [2.45, 2.75) is 26.1 Å². The fourth-order valence-electron chi connectivity index (χ4n) is 3.58. The molecule has 0 aromatic carbocycles. The number of fused-ring (bicyclic) bond motifs is 1. The standard InChI is InChI=1S/C20H21FN4O2S/c1-12(26)23-18-7-13(3-5-22-18)17-11-24(2)20(27)16-8-15(28-19(16)17)10-25-6-4-14(21)9-25/h3,5,7-8,11,14H,4,6,9-10H2,1-2H3,(H,22,23,26). The van der Waals surface area contributed by atoms with E-state index in [0.717, 1.165) is 27.2 Å². The molecule has 0 bridgehead atoms. The summed E-state index contributed by atoms with van der Waals surface area (Å²) in [4.78, 5) is 31.3. The normalized spacial score (nSPS) is 17.3. The smallest absolute Gasteiger partial charge is 0.259 e. The number of pyridine rings is 2. The fraction of sp³-hybridized carbons (Fsp3) is 0.350. The lowest BCUT2D eigenvalue weighted by Gasteiger charge is -2.12. The second kappa shape index (κ2) is 7.44. The molecular formula is C20H21FN4O2S. The van der Waals surface area contributed by atoms with Crippen molar-refractivity contribution in [2.24, 2.45) is 7.05 Å². The summed E-state index contributed by atoms with van der Waals surface area (Å²) in [5.41, 5.74) is 1.73. The lowest BCUT2D eigenvalue weighted by atomic mass is 10.1. The average molecular weight is 400 g/mol. The second-order valence-corrected chi connectivity index (χ2v) is 8.28. The molecule has 0 spiro atoms. The van der Waals surface area contributed by atoms with Crippen LogP contribution in [-0.2, 0) is 18.4 Å². The number of aromatic nitrogens is 2. The van der Waals surface area contributed by atoms with E-state index in [1.54, 1.807) is 35.2 Å². The van der Waals surface area contributed by atoms with Gasteiger partial charge in [0.15, 0.2) is 0 Å². The van der Waals surface area contributed by atoms with Crippen molar-refractivity contribution in [2.75, 3.05) is 18.4 Å². The molecule has 0 aliphatic carbocycles. The Labute approximate surface area is 165 Å². The second-order valence-electron chi connectivity index (χ2n) is 7.15. The molecule has 1 N–H and O–H groups in total. The monoisotopic (exact) mass is 400 g/mol. The van der Waals surface area contributed by atoms with Crippen LogP contribution in [0.4, 0.5) is 10.2 Å². The predicted octanol–water partition coefficient (Wildman–Crippen LogP) is 3.16. The van der Waals surface area contributed by atoms with Gasteiger partial charge in [-0.15, -0.1) is 11.3 Å². The highest BCUT2D eigenvalue weighted by Gasteiger charge is 2.23. The van der Waals surface area contributed by atoms with Gasteiger partial charge >= 0.3 is 0 Å². The van der Waals surface area contributed by atoms with Crippen LogP contribution < -0.4 is 10.9 Å². The van der Waals surface area contributed by atoms with E-state index in [-0.39, 0.29) is 11.5 Å². The van der Waals surface area contributed by atoms with Gasteiger partial charge in [-0.1, -0.05) is 0 Å². The van der Waals surface area contributed by atoms with Crippen molar-refractivity contribution >= 4 is 33.1 Å². The largest absolute Gasteiger partial charge is 0.317 e. The number of nitrogens with one attached hydrogen (secondary N) is 1. The van der Waals surface area contributed by atoms with Crippen LogP contribution in [-0.4, -0.2) is 39.6 Å². The number of carbonyl (C=O) groups excluding carboxylic acids is 1. The van der Waals surface area contributed by atoms with E-state index in [1.165, 1.54) is 6.92 Å². The van der Waals surface area contributed by atoms with Gasteiger partial charge in [0.2, 0.25) is 5.91 Å². The summed E-state index contributed by atoms with van der Waals surface area (Å²) in [5.74, 6) is 0.278. The minimum atomic E-state index is -0.762. The first-order valence-electron chi connectivity index (χ1n) is 9.13. The molecule has 3 aromatic heterocycles. The molecule has 1 atom stereocenters. The first-order valence-corrected chi connectivity index (χ1v) is 9.95. The van der Waals surface area contributed by atoms with Crippen LogP contribution in [0.15, 0.2) is 35.4 Å². The summed E-state index contributed by atoms with van der Waals surface area (Å²) in [5, 5.41) is 3.35. The maximum Gasteiger partial charge on any atom is 0.259 e. The number of halogens is 1. The topological polar surface area (TPSA) is 67.2 Å². The SMILES string of the molecule is CC(=O)Nc1cc(-c2cn(C)c(=O)c3cc(CN4CCC(F)C4)sc23)ccn1. The molecule has 1 amide bonds. The maximum atomic E-state index is 13.5. The zero-order valence-electron chi connectivity index (χ0n) is 15.7. The molecule has 4 rings (SSSR count). The molecule has 1 unspecified atom stereocenters. The van der Waals surface area contributed by atoms with Gasteiger partial charge in [0.25, 0.3) is 5.56 Å². The Kier molecular flexibility index (Phi) is 4.99. The van der Waals surface area contributed by atoms with Crippen LogP contribution in [0.3, 0.4) is 0 Å². The van der Waals surface area contributed by atoms with Crippen LogP contribution >= 0.6 is 11.3 Å². The fourth-order valence-corrected chi connectivity index (χ4v) is 4.80. The Hall–Kier alpha value is -2.58. The van der Waals surface area contributed by atoms with Crippen LogP contribution in [0.1, 0.15) is 18.2 Å². The van der Waals surface area contributed by atoms with Crippen molar-refractivity contribution < 1.29 is 9.18 Å². The molecule has 8 heteroatoms. The van der Waals surface area contributed by atoms with Gasteiger partial charge in [-0.25, -0.2) is 9.37 Å². The number of hydrogen-bond donors (Lipinski definition) is 1.